The summed E-state index contributed by atoms with van der Waals surface area (Å²) in [7, 11) is 3.14. The van der Waals surface area contributed by atoms with E-state index >= 15 is 0 Å². The van der Waals surface area contributed by atoms with Crippen molar-refractivity contribution in [1.29, 1.82) is 0 Å². The van der Waals surface area contributed by atoms with Gasteiger partial charge in [0.25, 0.3) is 11.5 Å². The fourth-order valence-corrected chi connectivity index (χ4v) is 7.56. The van der Waals surface area contributed by atoms with Gasteiger partial charge in [-0.1, -0.05) is 65.9 Å². The molecule has 0 spiro atoms. The van der Waals surface area contributed by atoms with E-state index in [0.717, 1.165) is 33.4 Å². The van der Waals surface area contributed by atoms with Crippen molar-refractivity contribution in [3.63, 3.8) is 0 Å². The van der Waals surface area contributed by atoms with Crippen LogP contribution in [0.15, 0.2) is 118 Å². The molecular formula is C39H34N4O4S. The Balaban J connectivity index is 1.40. The Morgan fingerprint density at radius 3 is 2.42 bits per heavy atom. The molecule has 0 fully saturated rings. The van der Waals surface area contributed by atoms with Crippen LogP contribution in [0.2, 0.25) is 0 Å². The summed E-state index contributed by atoms with van der Waals surface area (Å²) >= 11 is 1.31. The highest BCUT2D eigenvalue weighted by Gasteiger charge is 2.34. The minimum Gasteiger partial charge on any atom is -0.497 e. The lowest BCUT2D eigenvalue weighted by Gasteiger charge is -2.26. The number of benzene rings is 4. The van der Waals surface area contributed by atoms with E-state index in [4.69, 9.17) is 14.5 Å². The summed E-state index contributed by atoms with van der Waals surface area (Å²) in [5.41, 5.74) is 6.01. The van der Waals surface area contributed by atoms with Gasteiger partial charge in [-0.2, -0.15) is 0 Å². The lowest BCUT2D eigenvalue weighted by atomic mass is 9.94. The Bertz CT molecular complexity index is 2430. The fourth-order valence-electron chi connectivity index (χ4n) is 6.52. The molecule has 1 atom stereocenters. The van der Waals surface area contributed by atoms with Crippen LogP contribution in [0.5, 0.6) is 11.5 Å². The minimum absolute atomic E-state index is 0.242. The molecule has 2 aromatic heterocycles. The topological polar surface area (TPSA) is 86.9 Å². The number of hydrogen-bond acceptors (Lipinski definition) is 6. The molecule has 48 heavy (non-hydrogen) atoms. The van der Waals surface area contributed by atoms with E-state index in [1.807, 2.05) is 54.6 Å². The molecule has 0 saturated heterocycles. The van der Waals surface area contributed by atoms with Crippen LogP contribution in [0, 0.1) is 13.8 Å². The zero-order chi connectivity index (χ0) is 33.5. The number of carbonyl (C=O) groups excluding carboxylic acids is 1. The summed E-state index contributed by atoms with van der Waals surface area (Å²) in [6.45, 7) is 5.95. The van der Waals surface area contributed by atoms with Crippen molar-refractivity contribution in [2.24, 2.45) is 4.99 Å². The average molecular weight is 655 g/mol. The van der Waals surface area contributed by atoms with Crippen molar-refractivity contribution in [2.75, 3.05) is 19.5 Å². The maximum atomic E-state index is 14.5. The van der Waals surface area contributed by atoms with E-state index in [1.165, 1.54) is 11.3 Å². The third kappa shape index (κ3) is 5.32. The lowest BCUT2D eigenvalue weighted by molar-refractivity contribution is -0.113. The van der Waals surface area contributed by atoms with Gasteiger partial charge in [-0.05, 0) is 74.2 Å². The number of carbonyl (C=O) groups is 1. The molecule has 3 heterocycles. The summed E-state index contributed by atoms with van der Waals surface area (Å²) < 4.78 is 15.6. The molecule has 6 aromatic rings. The van der Waals surface area contributed by atoms with Crippen molar-refractivity contribution >= 4 is 39.8 Å². The van der Waals surface area contributed by atoms with Gasteiger partial charge < -0.3 is 19.4 Å². The molecule has 240 valence electrons. The smallest absolute Gasteiger partial charge is 0.271 e. The fraction of sp³-hybridized carbons (Fsp3) is 0.154. The first-order valence-corrected chi connectivity index (χ1v) is 16.4. The first-order chi connectivity index (χ1) is 23.3. The summed E-state index contributed by atoms with van der Waals surface area (Å²) in [6.07, 6.45) is 1.93. The molecule has 1 amide bonds. The van der Waals surface area contributed by atoms with Crippen molar-refractivity contribution in [3.8, 4) is 17.2 Å². The number of thiazole rings is 1. The Morgan fingerprint density at radius 1 is 0.896 bits per heavy atom. The van der Waals surface area contributed by atoms with Crippen molar-refractivity contribution < 1.29 is 14.3 Å². The number of nitrogens with one attached hydrogen (secondary N) is 1. The molecule has 0 radical (unpaired) electrons. The predicted molar refractivity (Wildman–Crippen MR) is 191 cm³/mol. The molecule has 7 rings (SSSR count). The molecule has 8 nitrogen and oxygen atoms in total. The van der Waals surface area contributed by atoms with Gasteiger partial charge in [-0.25, -0.2) is 4.99 Å². The molecule has 4 aromatic carbocycles. The minimum atomic E-state index is -0.795. The maximum Gasteiger partial charge on any atom is 0.271 e. The number of aryl methyl sites for hydroxylation is 1. The van der Waals surface area contributed by atoms with Gasteiger partial charge >= 0.3 is 0 Å². The molecule has 1 N–H and O–H groups in total. The molecule has 9 heteroatoms. The molecule has 0 aliphatic carbocycles. The van der Waals surface area contributed by atoms with Gasteiger partial charge in [0.2, 0.25) is 0 Å². The number of para-hydroxylation sites is 1. The number of nitrogens with zero attached hydrogens (tertiary/aromatic N) is 3. The predicted octanol–water partition coefficient (Wildman–Crippen LogP) is 6.45. The number of aromatic nitrogens is 2. The second-order valence-corrected chi connectivity index (χ2v) is 12.7. The van der Waals surface area contributed by atoms with Crippen LogP contribution in [0.3, 0.4) is 0 Å². The van der Waals surface area contributed by atoms with Gasteiger partial charge in [-0.3, -0.25) is 14.2 Å². The number of rotatable bonds is 7. The van der Waals surface area contributed by atoms with E-state index < -0.39 is 6.04 Å². The maximum absolute atomic E-state index is 14.5. The normalized spacial score (nSPS) is 14.5. The van der Waals surface area contributed by atoms with Crippen LogP contribution < -0.4 is 29.7 Å². The second kappa shape index (κ2) is 12.5. The Labute approximate surface area is 281 Å². The molecule has 0 unspecified atom stereocenters. The lowest BCUT2D eigenvalue weighted by Crippen LogP contribution is -2.40. The van der Waals surface area contributed by atoms with Gasteiger partial charge in [-0.15, -0.1) is 0 Å². The zero-order valence-corrected chi connectivity index (χ0v) is 28.1. The SMILES string of the molecule is COc1ccc([C@H]2C(C(=O)Nc3ccccc3)=C(C)N=c3s/c(=C\c4cc(C)n(-c5cccc6ccccc56)c4C)c(=O)n32)c(OC)c1. The second-order valence-electron chi connectivity index (χ2n) is 11.7. The van der Waals surface area contributed by atoms with E-state index in [1.54, 1.807) is 37.8 Å². The average Bonchev–Trinajstić information content (AvgIpc) is 3.56. The van der Waals surface area contributed by atoms with E-state index in [9.17, 15) is 9.59 Å². The molecule has 1 aliphatic rings. The zero-order valence-electron chi connectivity index (χ0n) is 27.3. The molecule has 0 saturated carbocycles. The third-order valence-electron chi connectivity index (χ3n) is 8.80. The number of fused-ring (bicyclic) bond motifs is 2. The van der Waals surface area contributed by atoms with Gasteiger partial charge in [0.05, 0.1) is 35.7 Å². The van der Waals surface area contributed by atoms with Crippen molar-refractivity contribution in [2.45, 2.75) is 26.8 Å². The summed E-state index contributed by atoms with van der Waals surface area (Å²) in [5.74, 6) is 0.742. The molecule has 1 aliphatic heterocycles. The standard InChI is InChI=1S/C39H34N4O4S/c1-23-20-27(25(3)42(23)32-17-11-13-26-12-9-10-16-30(26)32)21-34-38(45)43-36(31-19-18-29(46-4)22-33(31)47-5)35(24(2)40-39(43)48-34)37(44)41-28-14-7-6-8-15-28/h6-22,36H,1-5H3,(H,41,44)/b34-21-/t36-/m0/s1. The summed E-state index contributed by atoms with van der Waals surface area (Å²) in [4.78, 5) is 33.8. The van der Waals surface area contributed by atoms with E-state index in [-0.39, 0.29) is 11.5 Å². The van der Waals surface area contributed by atoms with Gasteiger partial charge in [0, 0.05) is 34.1 Å². The van der Waals surface area contributed by atoms with Crippen LogP contribution in [-0.2, 0) is 4.79 Å². The number of amides is 1. The highest BCUT2D eigenvalue weighted by Crippen LogP contribution is 2.38. The third-order valence-corrected chi connectivity index (χ3v) is 9.78. The Kier molecular flexibility index (Phi) is 8.06. The van der Waals surface area contributed by atoms with Crippen LogP contribution in [0.25, 0.3) is 22.5 Å². The monoisotopic (exact) mass is 654 g/mol. The highest BCUT2D eigenvalue weighted by molar-refractivity contribution is 7.07. The van der Waals surface area contributed by atoms with Crippen LogP contribution in [0.1, 0.15) is 35.5 Å². The summed E-state index contributed by atoms with van der Waals surface area (Å²) in [5, 5.41) is 5.31. The Hall–Kier alpha value is -5.67. The van der Waals surface area contributed by atoms with Crippen LogP contribution in [-0.4, -0.2) is 29.3 Å². The van der Waals surface area contributed by atoms with E-state index in [0.29, 0.717) is 43.4 Å². The highest BCUT2D eigenvalue weighted by atomic mass is 32.1. The molecular weight excluding hydrogens is 621 g/mol. The first kappa shape index (κ1) is 31.0. The van der Waals surface area contributed by atoms with Crippen molar-refractivity contribution in [1.82, 2.24) is 9.13 Å². The number of methoxy groups -OCH3 is 2. The Morgan fingerprint density at radius 2 is 1.65 bits per heavy atom. The van der Waals surface area contributed by atoms with Crippen molar-refractivity contribution in [3.05, 3.63) is 151 Å². The number of allylic oxidation sites excluding steroid dienone is 1. The number of ether oxygens (including phenoxy) is 2. The van der Waals surface area contributed by atoms with Crippen LogP contribution >= 0.6 is 11.3 Å². The van der Waals surface area contributed by atoms with Gasteiger partial charge in [0.1, 0.15) is 17.5 Å². The number of hydrogen-bond donors (Lipinski definition) is 1. The largest absolute Gasteiger partial charge is 0.497 e. The van der Waals surface area contributed by atoms with Gasteiger partial charge in [0.15, 0.2) is 4.80 Å². The quantitative estimate of drug-likeness (QED) is 0.214. The first-order valence-electron chi connectivity index (χ1n) is 15.6. The summed E-state index contributed by atoms with van der Waals surface area (Å²) in [6, 6.07) is 30.6. The number of anilines is 1. The molecule has 0 bridgehead atoms. The van der Waals surface area contributed by atoms with E-state index in [2.05, 4.69) is 60.1 Å². The van der Waals surface area contributed by atoms with Crippen LogP contribution in [0.4, 0.5) is 5.69 Å².